The molecule has 2 heterocycles. The molecule has 0 spiro atoms. The molecule has 30 heavy (non-hydrogen) atoms. The van der Waals surface area contributed by atoms with E-state index >= 15 is 0 Å². The Hall–Kier alpha value is -3.04. The van der Waals surface area contributed by atoms with E-state index in [1.165, 1.54) is 23.2 Å². The van der Waals surface area contributed by atoms with E-state index in [1.807, 2.05) is 6.07 Å². The van der Waals surface area contributed by atoms with Gasteiger partial charge in [-0.3, -0.25) is 4.99 Å². The molecule has 1 fully saturated rings. The molecule has 1 aliphatic rings. The minimum absolute atomic E-state index is 0.00971. The van der Waals surface area contributed by atoms with Crippen LogP contribution in [-0.2, 0) is 15.7 Å². The topological polar surface area (TPSA) is 70.1 Å². The summed E-state index contributed by atoms with van der Waals surface area (Å²) in [4.78, 5) is 8.43. The van der Waals surface area contributed by atoms with E-state index < -0.39 is 18.0 Å². The third-order valence-corrected chi connectivity index (χ3v) is 4.88. The number of alkyl halides is 3. The number of aromatic hydroxyl groups is 1. The van der Waals surface area contributed by atoms with E-state index in [0.29, 0.717) is 24.3 Å². The molecule has 0 aliphatic carbocycles. The summed E-state index contributed by atoms with van der Waals surface area (Å²) in [6.07, 6.45) is -3.76. The second-order valence-electron chi connectivity index (χ2n) is 6.94. The van der Waals surface area contributed by atoms with Gasteiger partial charge in [0.05, 0.1) is 36.6 Å². The number of fused-ring (bicyclic) bond motifs is 1. The van der Waals surface area contributed by atoms with Crippen molar-refractivity contribution in [1.82, 2.24) is 4.98 Å². The Bertz CT molecular complexity index is 1070. The van der Waals surface area contributed by atoms with Gasteiger partial charge in [0.2, 0.25) is 0 Å². The molecule has 0 saturated carbocycles. The average molecular weight is 419 g/mol. The fourth-order valence-electron chi connectivity index (χ4n) is 3.42. The summed E-state index contributed by atoms with van der Waals surface area (Å²) < 4.78 is 51.8. The van der Waals surface area contributed by atoms with Gasteiger partial charge in [-0.15, -0.1) is 0 Å². The van der Waals surface area contributed by atoms with Gasteiger partial charge in [-0.05, 0) is 24.3 Å². The zero-order chi connectivity index (χ0) is 21.3. The molecule has 2 N–H and O–H groups in total. The monoisotopic (exact) mass is 419 g/mol. The Kier molecular flexibility index (Phi) is 5.40. The number of aromatic nitrogens is 1. The molecule has 1 aromatic heterocycles. The summed E-state index contributed by atoms with van der Waals surface area (Å²) in [6, 6.07) is 11.1. The van der Waals surface area contributed by atoms with Gasteiger partial charge in [0.15, 0.2) is 12.2 Å². The first-order chi connectivity index (χ1) is 14.3. The highest BCUT2D eigenvalue weighted by atomic mass is 19.4. The molecule has 0 unspecified atom stereocenters. The fraction of sp³-hybridized carbons (Fsp3) is 0.286. The highest BCUT2D eigenvalue weighted by molar-refractivity contribution is 6.02. The number of aromatic amines is 1. The van der Waals surface area contributed by atoms with E-state index in [1.54, 1.807) is 25.2 Å². The maximum atomic E-state index is 13.7. The Morgan fingerprint density at radius 3 is 2.67 bits per heavy atom. The standard InChI is InChI=1S/C21H20F3N3O3/c1-27(12-19-29-8-9-30-19)18-7-6-13(10-16(18)21(22,23)24)25-11-15-14-4-2-3-5-17(14)26-20(15)28/h2-7,10-11,19,26,28H,8-9,12H2,1H3. The Morgan fingerprint density at radius 2 is 1.93 bits per heavy atom. The van der Waals surface area contributed by atoms with Gasteiger partial charge in [0.1, 0.15) is 0 Å². The number of nitrogens with zero attached hydrogens (tertiary/aromatic N) is 2. The lowest BCUT2D eigenvalue weighted by atomic mass is 10.1. The van der Waals surface area contributed by atoms with Crippen LogP contribution in [0, 0.1) is 0 Å². The van der Waals surface area contributed by atoms with Crippen LogP contribution in [0.4, 0.5) is 24.5 Å². The number of rotatable bonds is 5. The molecule has 1 saturated heterocycles. The Morgan fingerprint density at radius 1 is 1.20 bits per heavy atom. The number of H-pyrrole nitrogens is 1. The quantitative estimate of drug-likeness (QED) is 0.600. The number of likely N-dealkylation sites (N-methyl/N-ethyl adjacent to an activating group) is 1. The molecule has 158 valence electrons. The van der Waals surface area contributed by atoms with E-state index in [9.17, 15) is 18.3 Å². The van der Waals surface area contributed by atoms with Gasteiger partial charge in [-0.25, -0.2) is 0 Å². The normalized spacial score (nSPS) is 15.5. The van der Waals surface area contributed by atoms with E-state index in [2.05, 4.69) is 9.98 Å². The molecule has 6 nitrogen and oxygen atoms in total. The number of hydrogen-bond donors (Lipinski definition) is 2. The van der Waals surface area contributed by atoms with Crippen LogP contribution in [0.25, 0.3) is 10.9 Å². The van der Waals surface area contributed by atoms with Gasteiger partial charge >= 0.3 is 6.18 Å². The number of hydrogen-bond acceptors (Lipinski definition) is 5. The lowest BCUT2D eigenvalue weighted by molar-refractivity contribution is -0.137. The Labute approximate surface area is 170 Å². The van der Waals surface area contributed by atoms with Gasteiger partial charge in [0, 0.05) is 29.9 Å². The molecule has 1 aliphatic heterocycles. The number of benzene rings is 2. The van der Waals surface area contributed by atoms with Crippen molar-refractivity contribution in [1.29, 1.82) is 0 Å². The van der Waals surface area contributed by atoms with Crippen molar-refractivity contribution in [2.75, 3.05) is 31.7 Å². The summed E-state index contributed by atoms with van der Waals surface area (Å²) in [6.45, 7) is 1.03. The van der Waals surface area contributed by atoms with Crippen LogP contribution < -0.4 is 4.90 Å². The van der Waals surface area contributed by atoms with Crippen LogP contribution in [0.15, 0.2) is 47.5 Å². The molecular weight excluding hydrogens is 399 g/mol. The smallest absolute Gasteiger partial charge is 0.418 e. The summed E-state index contributed by atoms with van der Waals surface area (Å²) in [7, 11) is 1.56. The number of ether oxygens (including phenoxy) is 2. The van der Waals surface area contributed by atoms with E-state index in [4.69, 9.17) is 9.47 Å². The van der Waals surface area contributed by atoms with Crippen LogP contribution >= 0.6 is 0 Å². The summed E-state index contributed by atoms with van der Waals surface area (Å²) in [5.41, 5.74) is 0.449. The molecule has 0 radical (unpaired) electrons. The van der Waals surface area contributed by atoms with Crippen LogP contribution in [0.2, 0.25) is 0 Å². The second-order valence-corrected chi connectivity index (χ2v) is 6.94. The van der Waals surface area contributed by atoms with Crippen molar-refractivity contribution in [2.45, 2.75) is 12.5 Å². The molecule has 0 atom stereocenters. The number of anilines is 1. The highest BCUT2D eigenvalue weighted by Gasteiger charge is 2.35. The van der Waals surface area contributed by atoms with Gasteiger partial charge < -0.3 is 24.5 Å². The van der Waals surface area contributed by atoms with Crippen molar-refractivity contribution < 1.29 is 27.8 Å². The van der Waals surface area contributed by atoms with E-state index in [-0.39, 0.29) is 23.8 Å². The lowest BCUT2D eigenvalue weighted by Gasteiger charge is -2.25. The zero-order valence-electron chi connectivity index (χ0n) is 16.1. The average Bonchev–Trinajstić information content (AvgIpc) is 3.32. The Balaban J connectivity index is 1.64. The SMILES string of the molecule is CN(CC1OCCO1)c1ccc(N=Cc2c(O)[nH]c3ccccc23)cc1C(F)(F)F. The lowest BCUT2D eigenvalue weighted by Crippen LogP contribution is -2.31. The number of para-hydroxylation sites is 1. The van der Waals surface area contributed by atoms with Gasteiger partial charge in [0.25, 0.3) is 0 Å². The van der Waals surface area contributed by atoms with Gasteiger partial charge in [-0.1, -0.05) is 18.2 Å². The molecule has 2 aromatic carbocycles. The van der Waals surface area contributed by atoms with Crippen molar-refractivity contribution in [3.8, 4) is 5.88 Å². The minimum Gasteiger partial charge on any atom is -0.494 e. The fourth-order valence-corrected chi connectivity index (χ4v) is 3.42. The molecule has 9 heteroatoms. The second kappa shape index (κ2) is 8.00. The highest BCUT2D eigenvalue weighted by Crippen LogP contribution is 2.39. The molecular formula is C21H20F3N3O3. The van der Waals surface area contributed by atoms with Crippen molar-refractivity contribution in [2.24, 2.45) is 4.99 Å². The predicted octanol–water partition coefficient (Wildman–Crippen LogP) is 4.45. The summed E-state index contributed by atoms with van der Waals surface area (Å²) in [5, 5.41) is 10.8. The van der Waals surface area contributed by atoms with Crippen LogP contribution in [0.5, 0.6) is 5.88 Å². The first kappa shape index (κ1) is 20.2. The van der Waals surface area contributed by atoms with Gasteiger partial charge in [-0.2, -0.15) is 13.2 Å². The third kappa shape index (κ3) is 4.12. The van der Waals surface area contributed by atoms with Crippen molar-refractivity contribution in [3.05, 3.63) is 53.6 Å². The minimum atomic E-state index is -4.56. The maximum absolute atomic E-state index is 13.7. The van der Waals surface area contributed by atoms with Crippen LogP contribution in [0.1, 0.15) is 11.1 Å². The van der Waals surface area contributed by atoms with Crippen LogP contribution in [-0.4, -0.2) is 49.4 Å². The largest absolute Gasteiger partial charge is 0.494 e. The van der Waals surface area contributed by atoms with Crippen molar-refractivity contribution >= 4 is 28.5 Å². The summed E-state index contributed by atoms with van der Waals surface area (Å²) in [5.74, 6) is -0.0936. The molecule has 0 amide bonds. The number of aliphatic imine (C=N–C) groups is 1. The molecule has 0 bridgehead atoms. The van der Waals surface area contributed by atoms with Crippen molar-refractivity contribution in [3.63, 3.8) is 0 Å². The number of halogens is 3. The molecule has 4 rings (SSSR count). The third-order valence-electron chi connectivity index (χ3n) is 4.88. The molecule has 3 aromatic rings. The zero-order valence-corrected chi connectivity index (χ0v) is 16.1. The van der Waals surface area contributed by atoms with Crippen LogP contribution in [0.3, 0.4) is 0 Å². The van der Waals surface area contributed by atoms with E-state index in [0.717, 1.165) is 11.5 Å². The number of nitrogens with one attached hydrogen (secondary N) is 1. The predicted molar refractivity (Wildman–Crippen MR) is 108 cm³/mol. The first-order valence-corrected chi connectivity index (χ1v) is 9.32. The summed E-state index contributed by atoms with van der Waals surface area (Å²) >= 11 is 0. The maximum Gasteiger partial charge on any atom is 0.418 e. The first-order valence-electron chi connectivity index (χ1n) is 9.32.